The number of nitrogens with two attached hydrogens (primary N) is 3. The molecule has 0 aliphatic carbocycles. The Bertz CT molecular complexity index is 270. The summed E-state index contributed by atoms with van der Waals surface area (Å²) >= 11 is 0. The first-order valence-corrected chi connectivity index (χ1v) is 3.17. The second kappa shape index (κ2) is 2.23. The fraction of sp³-hybridized carbons (Fsp3) is 0.143. The molecule has 0 bridgehead atoms. The van der Waals surface area contributed by atoms with Crippen LogP contribution < -0.4 is 17.2 Å². The van der Waals surface area contributed by atoms with Crippen LogP contribution in [-0.2, 0) is 0 Å². The van der Waals surface area contributed by atoms with Crippen molar-refractivity contribution in [1.82, 2.24) is 0 Å². The topological polar surface area (TPSA) is 98.3 Å². The van der Waals surface area contributed by atoms with E-state index in [2.05, 4.69) is 0 Å². The first-order chi connectivity index (χ1) is 5.04. The Kier molecular flexibility index (Phi) is 1.53. The van der Waals surface area contributed by atoms with E-state index in [4.69, 9.17) is 22.3 Å². The van der Waals surface area contributed by atoms with Crippen molar-refractivity contribution < 1.29 is 5.11 Å². The Labute approximate surface area is 64.6 Å². The van der Waals surface area contributed by atoms with Crippen LogP contribution in [0.4, 0.5) is 17.1 Å². The van der Waals surface area contributed by atoms with Crippen LogP contribution in [0.25, 0.3) is 0 Å². The summed E-state index contributed by atoms with van der Waals surface area (Å²) in [7, 11) is 0. The van der Waals surface area contributed by atoms with Crippen LogP contribution in [0.2, 0.25) is 0 Å². The van der Waals surface area contributed by atoms with Crippen molar-refractivity contribution in [2.75, 3.05) is 17.2 Å². The lowest BCUT2D eigenvalue weighted by Gasteiger charge is -2.08. The third-order valence-corrected chi connectivity index (χ3v) is 1.69. The van der Waals surface area contributed by atoms with Crippen LogP contribution in [0, 0.1) is 6.92 Å². The standard InChI is InChI=1S/C7H11N3O/c1-3-6(9)4(8)2-5(11)7(3)10/h2,11H,8-10H2,1H3. The third-order valence-electron chi connectivity index (χ3n) is 1.69. The molecule has 0 atom stereocenters. The molecule has 7 N–H and O–H groups in total. The van der Waals surface area contributed by atoms with E-state index in [1.165, 1.54) is 6.07 Å². The van der Waals surface area contributed by atoms with Gasteiger partial charge in [0.1, 0.15) is 5.75 Å². The Morgan fingerprint density at radius 1 is 1.18 bits per heavy atom. The van der Waals surface area contributed by atoms with Gasteiger partial charge in [0.15, 0.2) is 0 Å². The third kappa shape index (κ3) is 1.02. The molecule has 0 aliphatic rings. The Morgan fingerprint density at radius 2 is 1.73 bits per heavy atom. The van der Waals surface area contributed by atoms with Gasteiger partial charge in [0, 0.05) is 11.6 Å². The highest BCUT2D eigenvalue weighted by atomic mass is 16.3. The molecule has 0 spiro atoms. The summed E-state index contributed by atoms with van der Waals surface area (Å²) in [6, 6.07) is 1.34. The van der Waals surface area contributed by atoms with Gasteiger partial charge in [-0.15, -0.1) is 0 Å². The molecule has 0 radical (unpaired) electrons. The number of phenols is 1. The summed E-state index contributed by atoms with van der Waals surface area (Å²) in [6.45, 7) is 1.71. The molecule has 1 aromatic carbocycles. The smallest absolute Gasteiger partial charge is 0.140 e. The summed E-state index contributed by atoms with van der Waals surface area (Å²) in [4.78, 5) is 0. The molecular formula is C7H11N3O. The SMILES string of the molecule is Cc1c(N)c(N)cc(O)c1N. The van der Waals surface area contributed by atoms with Crippen molar-refractivity contribution in [2.45, 2.75) is 6.92 Å². The molecule has 4 nitrogen and oxygen atoms in total. The summed E-state index contributed by atoms with van der Waals surface area (Å²) in [6.07, 6.45) is 0. The number of hydrogen-bond donors (Lipinski definition) is 4. The van der Waals surface area contributed by atoms with E-state index in [1.807, 2.05) is 0 Å². The van der Waals surface area contributed by atoms with Gasteiger partial charge in [0.05, 0.1) is 17.1 Å². The van der Waals surface area contributed by atoms with Crippen molar-refractivity contribution in [2.24, 2.45) is 0 Å². The quantitative estimate of drug-likeness (QED) is 0.247. The molecule has 0 amide bonds. The lowest BCUT2D eigenvalue weighted by atomic mass is 10.1. The molecule has 4 heteroatoms. The van der Waals surface area contributed by atoms with Crippen LogP contribution in [0.3, 0.4) is 0 Å². The second-order valence-corrected chi connectivity index (χ2v) is 2.44. The average Bonchev–Trinajstić information content (AvgIpc) is 1.97. The zero-order chi connectivity index (χ0) is 8.59. The second-order valence-electron chi connectivity index (χ2n) is 2.44. The number of rotatable bonds is 0. The molecule has 1 aromatic rings. The number of benzene rings is 1. The molecule has 11 heavy (non-hydrogen) atoms. The number of anilines is 3. The largest absolute Gasteiger partial charge is 0.506 e. The van der Waals surface area contributed by atoms with Crippen molar-refractivity contribution in [3.8, 4) is 5.75 Å². The highest BCUT2D eigenvalue weighted by molar-refractivity contribution is 5.78. The summed E-state index contributed by atoms with van der Waals surface area (Å²) < 4.78 is 0. The van der Waals surface area contributed by atoms with E-state index in [9.17, 15) is 0 Å². The minimum Gasteiger partial charge on any atom is -0.506 e. The molecule has 0 heterocycles. The van der Waals surface area contributed by atoms with Crippen molar-refractivity contribution in [3.05, 3.63) is 11.6 Å². The molecule has 1 rings (SSSR count). The molecule has 0 unspecified atom stereocenters. The van der Waals surface area contributed by atoms with Crippen LogP contribution in [0.1, 0.15) is 5.56 Å². The minimum absolute atomic E-state index is 0.0193. The zero-order valence-electron chi connectivity index (χ0n) is 6.26. The van der Waals surface area contributed by atoms with Gasteiger partial charge in [-0.2, -0.15) is 0 Å². The highest BCUT2D eigenvalue weighted by Gasteiger charge is 2.06. The maximum atomic E-state index is 9.14. The lowest BCUT2D eigenvalue weighted by molar-refractivity contribution is 0.478. The fourth-order valence-corrected chi connectivity index (χ4v) is 0.856. The van der Waals surface area contributed by atoms with Gasteiger partial charge in [-0.05, 0) is 6.92 Å². The zero-order valence-corrected chi connectivity index (χ0v) is 6.26. The number of phenolic OH excluding ortho intramolecular Hbond substituents is 1. The predicted molar refractivity (Wildman–Crippen MR) is 46.1 cm³/mol. The average molecular weight is 153 g/mol. The van der Waals surface area contributed by atoms with Crippen LogP contribution >= 0.6 is 0 Å². The molecule has 60 valence electrons. The van der Waals surface area contributed by atoms with E-state index in [0.717, 1.165) is 0 Å². The Morgan fingerprint density at radius 3 is 2.27 bits per heavy atom. The molecule has 0 aromatic heterocycles. The van der Waals surface area contributed by atoms with Gasteiger partial charge in [0.25, 0.3) is 0 Å². The van der Waals surface area contributed by atoms with Crippen molar-refractivity contribution in [1.29, 1.82) is 0 Å². The monoisotopic (exact) mass is 153 g/mol. The first kappa shape index (κ1) is 7.53. The van der Waals surface area contributed by atoms with E-state index in [0.29, 0.717) is 16.9 Å². The maximum absolute atomic E-state index is 9.14. The maximum Gasteiger partial charge on any atom is 0.140 e. The summed E-state index contributed by atoms with van der Waals surface area (Å²) in [5.41, 5.74) is 18.2. The Hall–Kier alpha value is -1.58. The predicted octanol–water partition coefficient (Wildman–Crippen LogP) is 0.447. The van der Waals surface area contributed by atoms with Crippen molar-refractivity contribution >= 4 is 17.1 Å². The number of aromatic hydroxyl groups is 1. The summed E-state index contributed by atoms with van der Waals surface area (Å²) in [5.74, 6) is -0.0193. The fourth-order valence-electron chi connectivity index (χ4n) is 0.856. The molecule has 0 aliphatic heterocycles. The van der Waals surface area contributed by atoms with E-state index >= 15 is 0 Å². The van der Waals surface area contributed by atoms with Gasteiger partial charge in [-0.1, -0.05) is 0 Å². The molecular weight excluding hydrogens is 142 g/mol. The van der Waals surface area contributed by atoms with E-state index in [-0.39, 0.29) is 11.4 Å². The summed E-state index contributed by atoms with van der Waals surface area (Å²) in [5, 5.41) is 9.14. The highest BCUT2D eigenvalue weighted by Crippen LogP contribution is 2.32. The van der Waals surface area contributed by atoms with E-state index in [1.54, 1.807) is 6.92 Å². The first-order valence-electron chi connectivity index (χ1n) is 3.17. The minimum atomic E-state index is -0.0193. The lowest BCUT2D eigenvalue weighted by Crippen LogP contribution is -2.00. The van der Waals surface area contributed by atoms with Gasteiger partial charge in [-0.25, -0.2) is 0 Å². The van der Waals surface area contributed by atoms with Gasteiger partial charge < -0.3 is 22.3 Å². The molecule has 0 saturated carbocycles. The normalized spacial score (nSPS) is 9.91. The Balaban J connectivity index is 3.46. The molecule has 0 fully saturated rings. The van der Waals surface area contributed by atoms with Crippen molar-refractivity contribution in [3.63, 3.8) is 0 Å². The van der Waals surface area contributed by atoms with Crippen LogP contribution in [0.5, 0.6) is 5.75 Å². The molecule has 0 saturated heterocycles. The van der Waals surface area contributed by atoms with Gasteiger partial charge in [0.2, 0.25) is 0 Å². The van der Waals surface area contributed by atoms with E-state index < -0.39 is 0 Å². The van der Waals surface area contributed by atoms with Crippen LogP contribution in [0.15, 0.2) is 6.07 Å². The van der Waals surface area contributed by atoms with Gasteiger partial charge in [-0.3, -0.25) is 0 Å². The number of nitrogen functional groups attached to an aromatic ring is 3. The van der Waals surface area contributed by atoms with Gasteiger partial charge >= 0.3 is 0 Å². The number of hydrogen-bond acceptors (Lipinski definition) is 4. The van der Waals surface area contributed by atoms with Crippen LogP contribution in [-0.4, -0.2) is 5.11 Å².